The Hall–Kier alpha value is -1.43. The van der Waals surface area contributed by atoms with E-state index in [4.69, 9.17) is 9.47 Å². The van der Waals surface area contributed by atoms with Crippen molar-refractivity contribution in [3.05, 3.63) is 35.2 Å². The van der Waals surface area contributed by atoms with Crippen molar-refractivity contribution in [2.24, 2.45) is 11.8 Å². The number of hydrogen-bond donors (Lipinski definition) is 0. The lowest BCUT2D eigenvalue weighted by atomic mass is 9.98. The van der Waals surface area contributed by atoms with Gasteiger partial charge in [0.05, 0.1) is 32.3 Å². The molecule has 5 heteroatoms. The number of ether oxygens (including phenoxy) is 2. The molecule has 1 fully saturated rings. The third kappa shape index (κ3) is 4.22. The molecule has 0 unspecified atom stereocenters. The minimum atomic E-state index is 0.150. The first-order valence-electron chi connectivity index (χ1n) is 8.92. The van der Waals surface area contributed by atoms with Gasteiger partial charge in [-0.1, -0.05) is 25.1 Å². The highest BCUT2D eigenvalue weighted by atomic mass is 32.1. The Balaban J connectivity index is 1.71. The van der Waals surface area contributed by atoms with E-state index in [0.29, 0.717) is 38.1 Å². The van der Waals surface area contributed by atoms with Crippen molar-refractivity contribution < 1.29 is 14.3 Å². The summed E-state index contributed by atoms with van der Waals surface area (Å²) < 4.78 is 11.7. The Morgan fingerprint density at radius 2 is 2.08 bits per heavy atom. The quantitative estimate of drug-likeness (QED) is 0.631. The fourth-order valence-corrected chi connectivity index (χ4v) is 4.47. The fourth-order valence-electron chi connectivity index (χ4n) is 3.48. The number of rotatable bonds is 9. The molecule has 4 nitrogen and oxygen atoms in total. The SMILES string of the molecule is COCCOCCC(=O)N(C)[C@H](c1csc2ccccc12)[C@H]1C[C@H]1C. The van der Waals surface area contributed by atoms with E-state index in [1.165, 1.54) is 22.1 Å². The molecular formula is C20H27NO3S. The van der Waals surface area contributed by atoms with E-state index in [2.05, 4.69) is 36.6 Å². The van der Waals surface area contributed by atoms with Crippen molar-refractivity contribution in [2.75, 3.05) is 34.0 Å². The smallest absolute Gasteiger partial charge is 0.225 e. The Morgan fingerprint density at radius 1 is 1.32 bits per heavy atom. The van der Waals surface area contributed by atoms with Gasteiger partial charge in [0, 0.05) is 18.9 Å². The van der Waals surface area contributed by atoms with Crippen LogP contribution in [-0.2, 0) is 14.3 Å². The van der Waals surface area contributed by atoms with Crippen LogP contribution in [0.3, 0.4) is 0 Å². The maximum atomic E-state index is 12.7. The van der Waals surface area contributed by atoms with Gasteiger partial charge >= 0.3 is 0 Å². The van der Waals surface area contributed by atoms with Gasteiger partial charge in [-0.15, -0.1) is 11.3 Å². The van der Waals surface area contributed by atoms with E-state index in [1.54, 1.807) is 18.4 Å². The van der Waals surface area contributed by atoms with Crippen LogP contribution >= 0.6 is 11.3 Å². The summed E-state index contributed by atoms with van der Waals surface area (Å²) in [6.07, 6.45) is 1.61. The molecule has 1 saturated carbocycles. The largest absolute Gasteiger partial charge is 0.382 e. The first kappa shape index (κ1) is 18.4. The van der Waals surface area contributed by atoms with E-state index < -0.39 is 0 Å². The van der Waals surface area contributed by atoms with Crippen LogP contribution < -0.4 is 0 Å². The van der Waals surface area contributed by atoms with Gasteiger partial charge in [-0.25, -0.2) is 0 Å². The van der Waals surface area contributed by atoms with Crippen LogP contribution in [0.2, 0.25) is 0 Å². The summed E-state index contributed by atoms with van der Waals surface area (Å²) in [5, 5.41) is 3.52. The van der Waals surface area contributed by atoms with Gasteiger partial charge in [-0.3, -0.25) is 4.79 Å². The first-order chi connectivity index (χ1) is 12.1. The molecule has 1 heterocycles. The van der Waals surface area contributed by atoms with Crippen molar-refractivity contribution in [2.45, 2.75) is 25.8 Å². The highest BCUT2D eigenvalue weighted by Gasteiger charge is 2.44. The molecule has 1 aromatic carbocycles. The van der Waals surface area contributed by atoms with Gasteiger partial charge in [-0.2, -0.15) is 0 Å². The molecular weight excluding hydrogens is 334 g/mol. The summed E-state index contributed by atoms with van der Waals surface area (Å²) in [6, 6.07) is 8.65. The van der Waals surface area contributed by atoms with Crippen molar-refractivity contribution in [3.63, 3.8) is 0 Å². The zero-order chi connectivity index (χ0) is 17.8. The second-order valence-corrected chi connectivity index (χ2v) is 7.78. The van der Waals surface area contributed by atoms with Gasteiger partial charge < -0.3 is 14.4 Å². The number of thiophene rings is 1. The number of carbonyl (C=O) groups is 1. The molecule has 25 heavy (non-hydrogen) atoms. The predicted molar refractivity (Wildman–Crippen MR) is 102 cm³/mol. The molecule has 0 aliphatic heterocycles. The number of hydrogen-bond acceptors (Lipinski definition) is 4. The number of nitrogens with zero attached hydrogens (tertiary/aromatic N) is 1. The molecule has 1 aliphatic carbocycles. The van der Waals surface area contributed by atoms with Crippen molar-refractivity contribution in [3.8, 4) is 0 Å². The molecule has 2 aromatic rings. The first-order valence-corrected chi connectivity index (χ1v) is 9.80. The molecule has 1 aromatic heterocycles. The van der Waals surface area contributed by atoms with E-state index in [-0.39, 0.29) is 11.9 Å². The number of fused-ring (bicyclic) bond motifs is 1. The third-order valence-corrected chi connectivity index (χ3v) is 6.09. The topological polar surface area (TPSA) is 38.8 Å². The number of carbonyl (C=O) groups excluding carboxylic acids is 1. The van der Waals surface area contributed by atoms with Crippen molar-refractivity contribution >= 4 is 27.3 Å². The van der Waals surface area contributed by atoms with Gasteiger partial charge in [0.15, 0.2) is 0 Å². The van der Waals surface area contributed by atoms with Crippen LogP contribution in [-0.4, -0.2) is 44.8 Å². The molecule has 0 radical (unpaired) electrons. The lowest BCUT2D eigenvalue weighted by Crippen LogP contribution is -2.33. The van der Waals surface area contributed by atoms with Crippen LogP contribution in [0.1, 0.15) is 31.4 Å². The molecule has 0 bridgehead atoms. The summed E-state index contributed by atoms with van der Waals surface area (Å²) >= 11 is 1.77. The molecule has 3 rings (SSSR count). The lowest BCUT2D eigenvalue weighted by Gasteiger charge is -2.29. The molecule has 136 valence electrons. The summed E-state index contributed by atoms with van der Waals surface area (Å²) in [6.45, 7) is 3.82. The highest BCUT2D eigenvalue weighted by molar-refractivity contribution is 7.17. The second kappa shape index (κ2) is 8.30. The molecule has 0 N–H and O–H groups in total. The summed E-state index contributed by atoms with van der Waals surface area (Å²) in [5.74, 6) is 1.38. The average Bonchev–Trinajstić information content (AvgIpc) is 3.18. The predicted octanol–water partition coefficient (Wildman–Crippen LogP) is 4.11. The maximum Gasteiger partial charge on any atom is 0.225 e. The molecule has 0 saturated heterocycles. The molecule has 0 spiro atoms. The minimum absolute atomic E-state index is 0.150. The third-order valence-electron chi connectivity index (χ3n) is 5.11. The Kier molecular flexibility index (Phi) is 6.10. The Bertz CT molecular complexity index is 714. The van der Waals surface area contributed by atoms with Crippen LogP contribution in [0, 0.1) is 11.8 Å². The van der Waals surface area contributed by atoms with Gasteiger partial charge in [0.25, 0.3) is 0 Å². The Labute approximate surface area is 153 Å². The van der Waals surface area contributed by atoms with Crippen molar-refractivity contribution in [1.29, 1.82) is 0 Å². The number of benzene rings is 1. The number of amides is 1. The van der Waals surface area contributed by atoms with E-state index >= 15 is 0 Å². The average molecular weight is 362 g/mol. The van der Waals surface area contributed by atoms with Crippen LogP contribution in [0.4, 0.5) is 0 Å². The summed E-state index contributed by atoms with van der Waals surface area (Å²) in [4.78, 5) is 14.7. The van der Waals surface area contributed by atoms with Gasteiger partial charge in [0.2, 0.25) is 5.91 Å². The number of methoxy groups -OCH3 is 1. The molecule has 3 atom stereocenters. The summed E-state index contributed by atoms with van der Waals surface area (Å²) in [5.41, 5.74) is 1.30. The second-order valence-electron chi connectivity index (χ2n) is 6.87. The van der Waals surface area contributed by atoms with Gasteiger partial charge in [-0.05, 0) is 40.7 Å². The van der Waals surface area contributed by atoms with E-state index in [9.17, 15) is 4.79 Å². The van der Waals surface area contributed by atoms with Crippen LogP contribution in [0.25, 0.3) is 10.1 Å². The molecule has 1 amide bonds. The van der Waals surface area contributed by atoms with Gasteiger partial charge in [0.1, 0.15) is 0 Å². The summed E-state index contributed by atoms with van der Waals surface area (Å²) in [7, 11) is 3.59. The highest BCUT2D eigenvalue weighted by Crippen LogP contribution is 2.51. The van der Waals surface area contributed by atoms with Crippen molar-refractivity contribution in [1.82, 2.24) is 4.90 Å². The van der Waals surface area contributed by atoms with Crippen LogP contribution in [0.15, 0.2) is 29.6 Å². The zero-order valence-electron chi connectivity index (χ0n) is 15.2. The molecule has 1 aliphatic rings. The monoisotopic (exact) mass is 361 g/mol. The van der Waals surface area contributed by atoms with E-state index in [1.807, 2.05) is 11.9 Å². The maximum absolute atomic E-state index is 12.7. The lowest BCUT2D eigenvalue weighted by molar-refractivity contribution is -0.133. The minimum Gasteiger partial charge on any atom is -0.382 e. The standard InChI is InChI=1S/C20H27NO3S/c1-14-12-16(14)20(17-13-25-18-7-5-4-6-15(17)18)21(2)19(22)8-9-24-11-10-23-3/h4-7,13-14,16,20H,8-12H2,1-3H3/t14-,16+,20+/m1/s1. The fraction of sp³-hybridized carbons (Fsp3) is 0.550. The van der Waals surface area contributed by atoms with Crippen LogP contribution in [0.5, 0.6) is 0 Å². The van der Waals surface area contributed by atoms with E-state index in [0.717, 1.165) is 0 Å². The normalized spacial score (nSPS) is 20.6. The Morgan fingerprint density at radius 3 is 2.80 bits per heavy atom. The zero-order valence-corrected chi connectivity index (χ0v) is 16.1.